The van der Waals surface area contributed by atoms with Gasteiger partial charge in [-0.05, 0) is 61.4 Å². The quantitative estimate of drug-likeness (QED) is 0.484. The van der Waals surface area contributed by atoms with Crippen molar-refractivity contribution in [1.29, 1.82) is 0 Å². The van der Waals surface area contributed by atoms with Crippen LogP contribution in [-0.4, -0.2) is 45.3 Å². The molecule has 0 saturated carbocycles. The lowest BCUT2D eigenvalue weighted by atomic mass is 10.1. The van der Waals surface area contributed by atoms with Crippen LogP contribution in [0.1, 0.15) is 32.8 Å². The number of hydrogen-bond donors (Lipinski definition) is 0. The molecule has 0 N–H and O–H groups in total. The van der Waals surface area contributed by atoms with E-state index >= 15 is 0 Å². The lowest BCUT2D eigenvalue weighted by molar-refractivity contribution is 0.0275. The van der Waals surface area contributed by atoms with E-state index in [-0.39, 0.29) is 12.2 Å². The first-order valence-electron chi connectivity index (χ1n) is 8.26. The Morgan fingerprint density at radius 2 is 2.16 bits per heavy atom. The molecule has 2 unspecified atom stereocenters. The molecule has 1 fully saturated rings. The van der Waals surface area contributed by atoms with Crippen LogP contribution >= 0.6 is 28.4 Å². The zero-order valence-corrected chi connectivity index (χ0v) is 18.0. The minimum absolute atomic E-state index is 0.0120. The van der Waals surface area contributed by atoms with Gasteiger partial charge in [0.25, 0.3) is 0 Å². The van der Waals surface area contributed by atoms with Crippen molar-refractivity contribution in [2.45, 2.75) is 45.8 Å². The molecule has 136 valence electrons. The maximum Gasteiger partial charge on any atom is 0.410 e. The van der Waals surface area contributed by atoms with Gasteiger partial charge in [-0.1, -0.05) is 0 Å². The average Bonchev–Trinajstić information content (AvgIpc) is 3.12. The largest absolute Gasteiger partial charge is 0.488 e. The van der Waals surface area contributed by atoms with Gasteiger partial charge in [-0.25, -0.2) is 9.25 Å². The topological polar surface area (TPSA) is 56.6 Å². The molecule has 6 nitrogen and oxygen atoms in total. The normalized spacial score (nSPS) is 18.4. The van der Waals surface area contributed by atoms with Gasteiger partial charge in [-0.3, -0.25) is 0 Å². The van der Waals surface area contributed by atoms with E-state index in [2.05, 4.69) is 39.3 Å². The highest BCUT2D eigenvalue weighted by atomic mass is 127. The molecular formula is C17H23IN3O3P. The van der Waals surface area contributed by atoms with Crippen LogP contribution in [0.2, 0.25) is 0 Å². The molecule has 1 aromatic carbocycles. The number of fused-ring (bicyclic) bond motifs is 1. The number of aromatic nitrogens is 2. The SMILES string of the molecule is Cc1cc2cnn(PI)c2cc1OC1CCN(C(=O)OC(C)(C)C)C1. The Kier molecular flexibility index (Phi) is 5.44. The Bertz CT molecular complexity index is 787. The van der Waals surface area contributed by atoms with Crippen LogP contribution in [0.15, 0.2) is 18.3 Å². The van der Waals surface area contributed by atoms with Gasteiger partial charge in [0.05, 0.1) is 24.6 Å². The summed E-state index contributed by atoms with van der Waals surface area (Å²) in [5.74, 6) is 0.861. The minimum Gasteiger partial charge on any atom is -0.488 e. The molecule has 0 spiro atoms. The molecule has 2 atom stereocenters. The monoisotopic (exact) mass is 475 g/mol. The highest BCUT2D eigenvalue weighted by Gasteiger charge is 2.31. The van der Waals surface area contributed by atoms with Crippen LogP contribution in [0, 0.1) is 6.92 Å². The first-order chi connectivity index (χ1) is 11.8. The van der Waals surface area contributed by atoms with E-state index < -0.39 is 5.60 Å². The zero-order chi connectivity index (χ0) is 18.2. The number of amides is 1. The molecule has 1 aliphatic rings. The molecule has 0 aliphatic carbocycles. The Morgan fingerprint density at radius 1 is 1.40 bits per heavy atom. The molecule has 25 heavy (non-hydrogen) atoms. The number of nitrogens with zero attached hydrogens (tertiary/aromatic N) is 3. The van der Waals surface area contributed by atoms with Crippen molar-refractivity contribution in [3.8, 4) is 5.75 Å². The minimum atomic E-state index is -0.476. The number of ether oxygens (including phenoxy) is 2. The third kappa shape index (κ3) is 4.37. The second kappa shape index (κ2) is 7.27. The van der Waals surface area contributed by atoms with Crippen molar-refractivity contribution >= 4 is 45.4 Å². The lowest BCUT2D eigenvalue weighted by Gasteiger charge is -2.24. The summed E-state index contributed by atoms with van der Waals surface area (Å²) in [6.07, 6.45) is 2.96. The highest BCUT2D eigenvalue weighted by Crippen LogP contribution is 2.33. The smallest absolute Gasteiger partial charge is 0.410 e. The highest BCUT2D eigenvalue weighted by molar-refractivity contribution is 14.2. The summed E-state index contributed by atoms with van der Waals surface area (Å²) >= 11 is 2.32. The third-order valence-corrected chi connectivity index (χ3v) is 5.92. The lowest BCUT2D eigenvalue weighted by Crippen LogP contribution is -2.36. The van der Waals surface area contributed by atoms with E-state index in [1.54, 1.807) is 4.90 Å². The fourth-order valence-corrected chi connectivity index (χ4v) is 4.40. The summed E-state index contributed by atoms with van der Waals surface area (Å²) in [4.78, 5) is 13.9. The molecule has 2 heterocycles. The molecule has 1 aliphatic heterocycles. The van der Waals surface area contributed by atoms with Crippen LogP contribution in [0.25, 0.3) is 10.9 Å². The fraction of sp³-hybridized carbons (Fsp3) is 0.529. The molecule has 0 radical (unpaired) electrons. The van der Waals surface area contributed by atoms with Gasteiger partial charge >= 0.3 is 6.09 Å². The van der Waals surface area contributed by atoms with Gasteiger partial charge < -0.3 is 14.4 Å². The fourth-order valence-electron chi connectivity index (χ4n) is 2.86. The standard InChI is InChI=1S/C17H23IN3O3P/c1-11-7-12-9-19-21(25-18)14(12)8-15(11)23-13-5-6-20(10-13)16(22)24-17(2,3)4/h7-9,13,25H,5-6,10H2,1-4H3. The summed E-state index contributed by atoms with van der Waals surface area (Å²) in [6.45, 7) is 8.89. The Morgan fingerprint density at radius 3 is 2.84 bits per heavy atom. The van der Waals surface area contributed by atoms with Crippen LogP contribution in [-0.2, 0) is 4.74 Å². The molecule has 3 rings (SSSR count). The first-order valence-corrected chi connectivity index (χ1v) is 12.3. The van der Waals surface area contributed by atoms with E-state index in [1.807, 2.05) is 38.3 Å². The van der Waals surface area contributed by atoms with Crippen molar-refractivity contribution in [3.05, 3.63) is 23.9 Å². The van der Waals surface area contributed by atoms with Crippen molar-refractivity contribution in [3.63, 3.8) is 0 Å². The summed E-state index contributed by atoms with van der Waals surface area (Å²) in [6, 6.07) is 4.16. The zero-order valence-electron chi connectivity index (χ0n) is 14.9. The van der Waals surface area contributed by atoms with Gasteiger partial charge in [0, 0.05) is 24.4 Å². The second-order valence-corrected chi connectivity index (χ2v) is 9.31. The summed E-state index contributed by atoms with van der Waals surface area (Å²) in [5.41, 5.74) is 1.69. The van der Waals surface area contributed by atoms with Crippen molar-refractivity contribution in [2.24, 2.45) is 0 Å². The number of aryl methyl sites for hydroxylation is 1. The number of carbonyl (C=O) groups is 1. The predicted molar refractivity (Wildman–Crippen MR) is 109 cm³/mol. The van der Waals surface area contributed by atoms with Gasteiger partial charge in [0.2, 0.25) is 0 Å². The van der Waals surface area contributed by atoms with E-state index in [0.29, 0.717) is 19.5 Å². The van der Waals surface area contributed by atoms with Crippen molar-refractivity contribution in [1.82, 2.24) is 14.5 Å². The van der Waals surface area contributed by atoms with Crippen LogP contribution in [0.5, 0.6) is 5.75 Å². The van der Waals surface area contributed by atoms with Crippen molar-refractivity contribution < 1.29 is 14.3 Å². The molecule has 8 heteroatoms. The van der Waals surface area contributed by atoms with Gasteiger partial charge in [0.15, 0.2) is 0 Å². The van der Waals surface area contributed by atoms with Crippen LogP contribution in [0.4, 0.5) is 4.79 Å². The second-order valence-electron chi connectivity index (χ2n) is 7.27. The van der Waals surface area contributed by atoms with Crippen LogP contribution in [0.3, 0.4) is 0 Å². The first kappa shape index (κ1) is 18.7. The number of benzene rings is 1. The number of rotatable bonds is 3. The van der Waals surface area contributed by atoms with E-state index in [9.17, 15) is 4.79 Å². The van der Waals surface area contributed by atoms with Crippen LogP contribution < -0.4 is 4.74 Å². The Balaban J connectivity index is 1.70. The molecule has 0 bridgehead atoms. The van der Waals surface area contributed by atoms with Crippen molar-refractivity contribution in [2.75, 3.05) is 13.1 Å². The molecule has 1 amide bonds. The maximum absolute atomic E-state index is 12.2. The summed E-state index contributed by atoms with van der Waals surface area (Å²) < 4.78 is 13.6. The number of carbonyl (C=O) groups excluding carboxylic acids is 1. The molecular weight excluding hydrogens is 452 g/mol. The number of hydrogen-bond acceptors (Lipinski definition) is 4. The predicted octanol–water partition coefficient (Wildman–Crippen LogP) is 4.52. The van der Waals surface area contributed by atoms with Gasteiger partial charge in [-0.15, -0.1) is 0 Å². The molecule has 1 aromatic heterocycles. The van der Waals surface area contributed by atoms with Gasteiger partial charge in [0.1, 0.15) is 17.5 Å². The maximum atomic E-state index is 12.2. The average molecular weight is 475 g/mol. The summed E-state index contributed by atoms with van der Waals surface area (Å²) in [7, 11) is 0. The third-order valence-electron chi connectivity index (χ3n) is 4.04. The number of likely N-dealkylation sites (tertiary alicyclic amines) is 1. The van der Waals surface area contributed by atoms with E-state index in [0.717, 1.165) is 28.6 Å². The van der Waals surface area contributed by atoms with Gasteiger partial charge in [-0.2, -0.15) is 5.10 Å². The summed E-state index contributed by atoms with van der Waals surface area (Å²) in [5, 5.41) is 5.51. The molecule has 1 saturated heterocycles. The molecule has 2 aromatic rings. The Hall–Kier alpha value is -1.08. The Labute approximate surface area is 162 Å². The van der Waals surface area contributed by atoms with E-state index in [1.165, 1.54) is 0 Å². The number of halogens is 1. The van der Waals surface area contributed by atoms with E-state index in [4.69, 9.17) is 9.47 Å².